The van der Waals surface area contributed by atoms with Gasteiger partial charge in [0.15, 0.2) is 0 Å². The molecular formula is C14H20ClNO2. The highest BCUT2D eigenvalue weighted by Crippen LogP contribution is 2.22. The fourth-order valence-electron chi connectivity index (χ4n) is 1.43. The molecule has 1 aromatic carbocycles. The van der Waals surface area contributed by atoms with Gasteiger partial charge in [-0.2, -0.15) is 0 Å². The first-order valence-corrected chi connectivity index (χ1v) is 6.49. The molecule has 0 saturated heterocycles. The maximum atomic E-state index is 9.71. The van der Waals surface area contributed by atoms with Gasteiger partial charge in [0.1, 0.15) is 18.5 Å². The lowest BCUT2D eigenvalue weighted by atomic mass is 10.3. The van der Waals surface area contributed by atoms with Gasteiger partial charge >= 0.3 is 0 Å². The van der Waals surface area contributed by atoms with Crippen molar-refractivity contribution in [3.05, 3.63) is 41.4 Å². The molecule has 2 N–H and O–H groups in total. The van der Waals surface area contributed by atoms with E-state index < -0.39 is 6.10 Å². The molecule has 3 nitrogen and oxygen atoms in total. The first-order valence-electron chi connectivity index (χ1n) is 6.11. The lowest BCUT2D eigenvalue weighted by molar-refractivity contribution is 0.107. The van der Waals surface area contributed by atoms with Gasteiger partial charge in [0.2, 0.25) is 0 Å². The van der Waals surface area contributed by atoms with Crippen LogP contribution in [-0.2, 0) is 0 Å². The number of para-hydroxylation sites is 1. The molecule has 0 heterocycles. The van der Waals surface area contributed by atoms with E-state index in [9.17, 15) is 5.11 Å². The second kappa shape index (κ2) is 8.97. The zero-order valence-electron chi connectivity index (χ0n) is 10.6. The molecule has 1 aromatic rings. The van der Waals surface area contributed by atoms with E-state index in [0.29, 0.717) is 17.3 Å². The third-order valence-electron chi connectivity index (χ3n) is 2.37. The van der Waals surface area contributed by atoms with Crippen LogP contribution < -0.4 is 10.1 Å². The van der Waals surface area contributed by atoms with Gasteiger partial charge in [-0.1, -0.05) is 35.9 Å². The van der Waals surface area contributed by atoms with Crippen molar-refractivity contribution in [2.24, 2.45) is 0 Å². The maximum absolute atomic E-state index is 9.71. The van der Waals surface area contributed by atoms with Crippen LogP contribution in [0.5, 0.6) is 5.75 Å². The lowest BCUT2D eigenvalue weighted by Gasteiger charge is -2.13. The summed E-state index contributed by atoms with van der Waals surface area (Å²) in [5.74, 6) is 0.604. The summed E-state index contributed by atoms with van der Waals surface area (Å²) in [4.78, 5) is 0. The van der Waals surface area contributed by atoms with Gasteiger partial charge in [-0.25, -0.2) is 0 Å². The minimum Gasteiger partial charge on any atom is -0.489 e. The van der Waals surface area contributed by atoms with E-state index in [1.807, 2.05) is 25.1 Å². The van der Waals surface area contributed by atoms with Gasteiger partial charge in [0, 0.05) is 6.54 Å². The Morgan fingerprint density at radius 1 is 1.44 bits per heavy atom. The van der Waals surface area contributed by atoms with Crippen LogP contribution in [0.1, 0.15) is 13.3 Å². The summed E-state index contributed by atoms with van der Waals surface area (Å²) in [7, 11) is 0. The quantitative estimate of drug-likeness (QED) is 0.563. The highest BCUT2D eigenvalue weighted by Gasteiger charge is 2.06. The standard InChI is InChI=1S/C14H20ClNO2/c1-2-3-6-9-16-10-12(17)11-18-14-8-5-4-7-13(14)15/h2-5,7-8,12,16-17H,6,9-11H2,1H3/b3-2+. The van der Waals surface area contributed by atoms with Crippen molar-refractivity contribution in [2.45, 2.75) is 19.4 Å². The number of allylic oxidation sites excluding steroid dienone is 1. The number of rotatable bonds is 8. The van der Waals surface area contributed by atoms with Gasteiger partial charge < -0.3 is 15.2 Å². The highest BCUT2D eigenvalue weighted by atomic mass is 35.5. The zero-order valence-corrected chi connectivity index (χ0v) is 11.4. The number of ether oxygens (including phenoxy) is 1. The molecule has 4 heteroatoms. The molecule has 1 atom stereocenters. The maximum Gasteiger partial charge on any atom is 0.138 e. The van der Waals surface area contributed by atoms with E-state index in [-0.39, 0.29) is 6.61 Å². The van der Waals surface area contributed by atoms with Crippen molar-refractivity contribution in [1.82, 2.24) is 5.32 Å². The fraction of sp³-hybridized carbons (Fsp3) is 0.429. The Bertz CT molecular complexity index is 369. The molecule has 0 aromatic heterocycles. The van der Waals surface area contributed by atoms with Crippen LogP contribution in [0.4, 0.5) is 0 Å². The Hall–Kier alpha value is -1.03. The van der Waals surface area contributed by atoms with E-state index in [1.54, 1.807) is 12.1 Å². The van der Waals surface area contributed by atoms with Crippen molar-refractivity contribution >= 4 is 11.6 Å². The van der Waals surface area contributed by atoms with Gasteiger partial charge in [0.05, 0.1) is 5.02 Å². The summed E-state index contributed by atoms with van der Waals surface area (Å²) in [5.41, 5.74) is 0. The van der Waals surface area contributed by atoms with Crippen molar-refractivity contribution in [3.8, 4) is 5.75 Å². The number of hydrogen-bond donors (Lipinski definition) is 2. The normalized spacial score (nSPS) is 12.8. The van der Waals surface area contributed by atoms with Gasteiger partial charge in [0.25, 0.3) is 0 Å². The molecule has 0 fully saturated rings. The molecule has 18 heavy (non-hydrogen) atoms. The van der Waals surface area contributed by atoms with E-state index in [4.69, 9.17) is 16.3 Å². The topological polar surface area (TPSA) is 41.5 Å². The summed E-state index contributed by atoms with van der Waals surface area (Å²) in [6.45, 7) is 3.60. The van der Waals surface area contributed by atoms with Crippen LogP contribution in [0.15, 0.2) is 36.4 Å². The van der Waals surface area contributed by atoms with Crippen molar-refractivity contribution < 1.29 is 9.84 Å². The van der Waals surface area contributed by atoms with Crippen LogP contribution in [0, 0.1) is 0 Å². The number of aliphatic hydroxyl groups excluding tert-OH is 1. The van der Waals surface area contributed by atoms with Crippen molar-refractivity contribution in [1.29, 1.82) is 0 Å². The van der Waals surface area contributed by atoms with Gasteiger partial charge in [-0.15, -0.1) is 0 Å². The number of halogens is 1. The van der Waals surface area contributed by atoms with E-state index >= 15 is 0 Å². The number of aliphatic hydroxyl groups is 1. The molecule has 1 unspecified atom stereocenters. The average Bonchev–Trinajstić information content (AvgIpc) is 2.37. The van der Waals surface area contributed by atoms with Gasteiger partial charge in [-0.05, 0) is 32.0 Å². The van der Waals surface area contributed by atoms with E-state index in [1.165, 1.54) is 0 Å². The molecule has 0 spiro atoms. The van der Waals surface area contributed by atoms with E-state index in [2.05, 4.69) is 11.4 Å². The number of nitrogens with one attached hydrogen (secondary N) is 1. The second-order valence-electron chi connectivity index (χ2n) is 3.96. The Morgan fingerprint density at radius 2 is 2.22 bits per heavy atom. The molecule has 0 amide bonds. The fourth-order valence-corrected chi connectivity index (χ4v) is 1.62. The van der Waals surface area contributed by atoms with Crippen LogP contribution in [0.25, 0.3) is 0 Å². The summed E-state index contributed by atoms with van der Waals surface area (Å²) >= 11 is 5.94. The molecule has 0 aliphatic heterocycles. The summed E-state index contributed by atoms with van der Waals surface area (Å²) in [5, 5.41) is 13.4. The third-order valence-corrected chi connectivity index (χ3v) is 2.68. The third kappa shape index (κ3) is 6.05. The Labute approximate surface area is 113 Å². The largest absolute Gasteiger partial charge is 0.489 e. The first kappa shape index (κ1) is 15.0. The SMILES string of the molecule is C/C=C/CCNCC(O)COc1ccccc1Cl. The predicted octanol–water partition coefficient (Wildman–Crippen LogP) is 2.64. The molecule has 100 valence electrons. The van der Waals surface area contributed by atoms with Crippen LogP contribution in [-0.4, -0.2) is 30.9 Å². The molecule has 0 aliphatic carbocycles. The Morgan fingerprint density at radius 3 is 2.94 bits per heavy atom. The highest BCUT2D eigenvalue weighted by molar-refractivity contribution is 6.32. The minimum absolute atomic E-state index is 0.236. The second-order valence-corrected chi connectivity index (χ2v) is 4.36. The summed E-state index contributed by atoms with van der Waals surface area (Å²) in [6, 6.07) is 7.24. The predicted molar refractivity (Wildman–Crippen MR) is 75.3 cm³/mol. The Balaban J connectivity index is 2.17. The van der Waals surface area contributed by atoms with Crippen molar-refractivity contribution in [3.63, 3.8) is 0 Å². The molecular weight excluding hydrogens is 250 g/mol. The van der Waals surface area contributed by atoms with Crippen LogP contribution in [0.2, 0.25) is 5.02 Å². The van der Waals surface area contributed by atoms with Crippen molar-refractivity contribution in [2.75, 3.05) is 19.7 Å². The minimum atomic E-state index is -0.535. The number of hydrogen-bond acceptors (Lipinski definition) is 3. The molecule has 1 rings (SSSR count). The summed E-state index contributed by atoms with van der Waals surface area (Å²) in [6.07, 6.45) is 4.53. The Kier molecular flexibility index (Phi) is 7.49. The summed E-state index contributed by atoms with van der Waals surface area (Å²) < 4.78 is 5.44. The van der Waals surface area contributed by atoms with Crippen LogP contribution >= 0.6 is 11.6 Å². The monoisotopic (exact) mass is 269 g/mol. The molecule has 0 radical (unpaired) electrons. The molecule has 0 aliphatic rings. The van der Waals surface area contributed by atoms with E-state index in [0.717, 1.165) is 13.0 Å². The first-order chi connectivity index (χ1) is 8.74. The van der Waals surface area contributed by atoms with Crippen LogP contribution in [0.3, 0.4) is 0 Å². The molecule has 0 saturated carbocycles. The zero-order chi connectivity index (χ0) is 13.2. The molecule has 0 bridgehead atoms. The lowest BCUT2D eigenvalue weighted by Crippen LogP contribution is -2.31. The average molecular weight is 270 g/mol. The van der Waals surface area contributed by atoms with Gasteiger partial charge in [-0.3, -0.25) is 0 Å². The smallest absolute Gasteiger partial charge is 0.138 e. The number of benzene rings is 1.